The van der Waals surface area contributed by atoms with E-state index in [0.717, 1.165) is 0 Å². The van der Waals surface area contributed by atoms with Crippen molar-refractivity contribution in [1.29, 1.82) is 0 Å². The number of ether oxygens (including phenoxy) is 1. The van der Waals surface area contributed by atoms with E-state index >= 15 is 0 Å². The smallest absolute Gasteiger partial charge is 0.323 e. The van der Waals surface area contributed by atoms with Crippen LogP contribution in [0.3, 0.4) is 0 Å². The fraction of sp³-hybridized carbons (Fsp3) is 0.0625. The summed E-state index contributed by atoms with van der Waals surface area (Å²) in [4.78, 5) is 35.6. The molecule has 0 bridgehead atoms. The first-order valence-electron chi connectivity index (χ1n) is 6.51. The van der Waals surface area contributed by atoms with E-state index in [2.05, 4.69) is 0 Å². The standard InChI is InChI=1S/C16H11NO5/c18-14(19)9-17-15(20)12-7-6-11(8-13(12)16(17)21)22-10-4-2-1-3-5-10/h1-8H,9H2,(H,18,19). The van der Waals surface area contributed by atoms with Crippen molar-refractivity contribution < 1.29 is 24.2 Å². The van der Waals surface area contributed by atoms with Crippen LogP contribution in [0.1, 0.15) is 20.7 Å². The van der Waals surface area contributed by atoms with Crippen molar-refractivity contribution in [3.05, 3.63) is 59.7 Å². The van der Waals surface area contributed by atoms with Gasteiger partial charge in [0.1, 0.15) is 18.0 Å². The minimum atomic E-state index is -1.24. The van der Waals surface area contributed by atoms with Crippen LogP contribution in [0.5, 0.6) is 11.5 Å². The number of aliphatic carboxylic acids is 1. The number of carboxylic acid groups (broad SMARTS) is 1. The zero-order valence-corrected chi connectivity index (χ0v) is 11.4. The molecule has 22 heavy (non-hydrogen) atoms. The maximum Gasteiger partial charge on any atom is 0.323 e. The third kappa shape index (κ3) is 2.42. The Hall–Kier alpha value is -3.15. The predicted molar refractivity (Wildman–Crippen MR) is 76.0 cm³/mol. The second kappa shape index (κ2) is 5.33. The lowest BCUT2D eigenvalue weighted by Crippen LogP contribution is -2.34. The van der Waals surface area contributed by atoms with Gasteiger partial charge in [0.2, 0.25) is 0 Å². The van der Waals surface area contributed by atoms with Crippen LogP contribution in [0, 0.1) is 0 Å². The summed E-state index contributed by atoms with van der Waals surface area (Å²) in [5, 5.41) is 8.77. The topological polar surface area (TPSA) is 83.9 Å². The summed E-state index contributed by atoms with van der Waals surface area (Å²) in [7, 11) is 0. The lowest BCUT2D eigenvalue weighted by Gasteiger charge is -2.09. The maximum atomic E-state index is 12.1. The molecule has 2 aromatic rings. The molecular formula is C16H11NO5. The summed E-state index contributed by atoms with van der Waals surface area (Å²) in [5.74, 6) is -1.46. The van der Waals surface area contributed by atoms with Crippen LogP contribution in [-0.2, 0) is 4.79 Å². The Kier molecular flexibility index (Phi) is 3.34. The quantitative estimate of drug-likeness (QED) is 0.874. The van der Waals surface area contributed by atoms with Gasteiger partial charge in [-0.05, 0) is 30.3 Å². The number of imide groups is 1. The number of carbonyl (C=O) groups excluding carboxylic acids is 2. The van der Waals surface area contributed by atoms with Gasteiger partial charge in [-0.1, -0.05) is 18.2 Å². The molecule has 0 spiro atoms. The average molecular weight is 297 g/mol. The monoisotopic (exact) mass is 297 g/mol. The number of fused-ring (bicyclic) bond motifs is 1. The molecule has 2 amide bonds. The number of para-hydroxylation sites is 1. The molecule has 1 aliphatic heterocycles. The molecule has 6 nitrogen and oxygen atoms in total. The fourth-order valence-electron chi connectivity index (χ4n) is 2.24. The highest BCUT2D eigenvalue weighted by Gasteiger charge is 2.36. The van der Waals surface area contributed by atoms with Crippen LogP contribution in [0.4, 0.5) is 0 Å². The van der Waals surface area contributed by atoms with E-state index in [4.69, 9.17) is 9.84 Å². The number of benzene rings is 2. The predicted octanol–water partition coefficient (Wildman–Crippen LogP) is 2.16. The molecule has 0 fully saturated rings. The van der Waals surface area contributed by atoms with Gasteiger partial charge in [0.15, 0.2) is 0 Å². The van der Waals surface area contributed by atoms with Gasteiger partial charge < -0.3 is 9.84 Å². The summed E-state index contributed by atoms with van der Waals surface area (Å²) in [5.41, 5.74) is 0.339. The van der Waals surface area contributed by atoms with Crippen LogP contribution in [-0.4, -0.2) is 34.3 Å². The molecule has 6 heteroatoms. The first-order chi connectivity index (χ1) is 10.6. The minimum Gasteiger partial charge on any atom is -0.480 e. The second-order valence-electron chi connectivity index (χ2n) is 4.71. The first kappa shape index (κ1) is 13.8. The number of nitrogens with zero attached hydrogens (tertiary/aromatic N) is 1. The normalized spacial score (nSPS) is 13.2. The maximum absolute atomic E-state index is 12.1. The van der Waals surface area contributed by atoms with E-state index in [1.165, 1.54) is 12.1 Å². The molecule has 0 atom stereocenters. The number of rotatable bonds is 4. The van der Waals surface area contributed by atoms with Gasteiger partial charge in [-0.3, -0.25) is 19.3 Å². The van der Waals surface area contributed by atoms with Crippen molar-refractivity contribution >= 4 is 17.8 Å². The number of hydrogen-bond acceptors (Lipinski definition) is 4. The number of amides is 2. The van der Waals surface area contributed by atoms with Crippen molar-refractivity contribution in [3.8, 4) is 11.5 Å². The minimum absolute atomic E-state index is 0.152. The van der Waals surface area contributed by atoms with Gasteiger partial charge in [0.05, 0.1) is 11.1 Å². The first-order valence-corrected chi connectivity index (χ1v) is 6.51. The van der Waals surface area contributed by atoms with Crippen LogP contribution >= 0.6 is 0 Å². The Balaban J connectivity index is 1.90. The highest BCUT2D eigenvalue weighted by Crippen LogP contribution is 2.29. The Morgan fingerprint density at radius 2 is 1.64 bits per heavy atom. The lowest BCUT2D eigenvalue weighted by atomic mass is 10.1. The van der Waals surface area contributed by atoms with Crippen molar-refractivity contribution in [2.45, 2.75) is 0 Å². The van der Waals surface area contributed by atoms with Crippen molar-refractivity contribution in [2.24, 2.45) is 0 Å². The van der Waals surface area contributed by atoms with E-state index in [-0.39, 0.29) is 11.1 Å². The molecule has 3 rings (SSSR count). The van der Waals surface area contributed by atoms with Crippen LogP contribution in [0.15, 0.2) is 48.5 Å². The Morgan fingerprint density at radius 3 is 2.32 bits per heavy atom. The second-order valence-corrected chi connectivity index (χ2v) is 4.71. The van der Waals surface area contributed by atoms with Crippen molar-refractivity contribution in [3.63, 3.8) is 0 Å². The molecule has 0 aromatic heterocycles. The lowest BCUT2D eigenvalue weighted by molar-refractivity contribution is -0.137. The highest BCUT2D eigenvalue weighted by molar-refractivity contribution is 6.22. The van der Waals surface area contributed by atoms with E-state index in [1.807, 2.05) is 18.2 Å². The molecular weight excluding hydrogens is 286 g/mol. The van der Waals surface area contributed by atoms with E-state index < -0.39 is 24.3 Å². The van der Waals surface area contributed by atoms with Gasteiger partial charge in [-0.15, -0.1) is 0 Å². The third-order valence-electron chi connectivity index (χ3n) is 3.21. The molecule has 2 aromatic carbocycles. The molecule has 1 N–H and O–H groups in total. The largest absolute Gasteiger partial charge is 0.480 e. The number of carboxylic acids is 1. The van der Waals surface area contributed by atoms with Crippen LogP contribution in [0.2, 0.25) is 0 Å². The summed E-state index contributed by atoms with van der Waals surface area (Å²) in [6.07, 6.45) is 0. The number of carbonyl (C=O) groups is 3. The molecule has 0 radical (unpaired) electrons. The summed E-state index contributed by atoms with van der Waals surface area (Å²) >= 11 is 0. The van der Waals surface area contributed by atoms with Gasteiger partial charge >= 0.3 is 5.97 Å². The average Bonchev–Trinajstić information content (AvgIpc) is 2.73. The van der Waals surface area contributed by atoms with Crippen LogP contribution < -0.4 is 4.74 Å². The highest BCUT2D eigenvalue weighted by atomic mass is 16.5. The molecule has 1 aliphatic rings. The Morgan fingerprint density at radius 1 is 0.955 bits per heavy atom. The zero-order valence-electron chi connectivity index (χ0n) is 11.4. The van der Waals surface area contributed by atoms with E-state index in [0.29, 0.717) is 16.4 Å². The Labute approximate surface area is 125 Å². The summed E-state index contributed by atoms with van der Waals surface area (Å²) in [6.45, 7) is -0.652. The van der Waals surface area contributed by atoms with E-state index in [9.17, 15) is 14.4 Å². The number of hydrogen-bond donors (Lipinski definition) is 1. The zero-order chi connectivity index (χ0) is 15.7. The summed E-state index contributed by atoms with van der Waals surface area (Å²) < 4.78 is 5.61. The third-order valence-corrected chi connectivity index (χ3v) is 3.21. The van der Waals surface area contributed by atoms with Gasteiger partial charge in [0, 0.05) is 0 Å². The van der Waals surface area contributed by atoms with Crippen molar-refractivity contribution in [2.75, 3.05) is 6.54 Å². The van der Waals surface area contributed by atoms with E-state index in [1.54, 1.807) is 18.2 Å². The molecule has 0 saturated heterocycles. The SMILES string of the molecule is O=C(O)CN1C(=O)c2ccc(Oc3ccccc3)cc2C1=O. The van der Waals surface area contributed by atoms with Crippen LogP contribution in [0.25, 0.3) is 0 Å². The molecule has 0 unspecified atom stereocenters. The Bertz CT molecular complexity index is 769. The van der Waals surface area contributed by atoms with Crippen molar-refractivity contribution in [1.82, 2.24) is 4.90 Å². The molecule has 1 heterocycles. The fourth-order valence-corrected chi connectivity index (χ4v) is 2.24. The van der Waals surface area contributed by atoms with Gasteiger partial charge in [0.25, 0.3) is 11.8 Å². The van der Waals surface area contributed by atoms with Gasteiger partial charge in [-0.25, -0.2) is 0 Å². The molecule has 0 aliphatic carbocycles. The molecule has 110 valence electrons. The van der Waals surface area contributed by atoms with Gasteiger partial charge in [-0.2, -0.15) is 0 Å². The summed E-state index contributed by atoms with van der Waals surface area (Å²) in [6, 6.07) is 13.5. The molecule has 0 saturated carbocycles.